The number of hydrogen-bond donors (Lipinski definition) is 3. The van der Waals surface area contributed by atoms with Gasteiger partial charge in [-0.1, -0.05) is 6.42 Å². The van der Waals surface area contributed by atoms with Gasteiger partial charge >= 0.3 is 0 Å². The number of hydrogen-bond acceptors (Lipinski definition) is 7. The van der Waals surface area contributed by atoms with Gasteiger partial charge in [0, 0.05) is 43.3 Å². The fraction of sp³-hybridized carbons (Fsp3) is 0.350. The van der Waals surface area contributed by atoms with E-state index in [0.717, 1.165) is 35.1 Å². The van der Waals surface area contributed by atoms with Crippen LogP contribution in [-0.4, -0.2) is 39.9 Å². The first kappa shape index (κ1) is 18.2. The first-order chi connectivity index (χ1) is 13.7. The number of aromatic nitrogens is 4. The van der Waals surface area contributed by atoms with E-state index in [2.05, 4.69) is 31.0 Å². The van der Waals surface area contributed by atoms with Crippen LogP contribution in [0.4, 0.5) is 17.5 Å². The Kier molecular flexibility index (Phi) is 5.38. The number of rotatable bonds is 8. The number of nitrogens with zero attached hydrogens (tertiary/aromatic N) is 4. The molecule has 1 aromatic carbocycles. The predicted molar refractivity (Wildman–Crippen MR) is 109 cm³/mol. The van der Waals surface area contributed by atoms with Crippen molar-refractivity contribution < 1.29 is 4.74 Å². The number of anilines is 3. The fourth-order valence-electron chi connectivity index (χ4n) is 3.09. The van der Waals surface area contributed by atoms with Gasteiger partial charge in [0.2, 0.25) is 5.95 Å². The Morgan fingerprint density at radius 2 is 2.14 bits per heavy atom. The van der Waals surface area contributed by atoms with Crippen LogP contribution in [-0.2, 0) is 6.54 Å². The summed E-state index contributed by atoms with van der Waals surface area (Å²) in [5, 5.41) is 14.3. The first-order valence-electron chi connectivity index (χ1n) is 9.48. The SMILES string of the molecule is CNc1ccnc(Nc2ccc(OC)c(-n3cc(CNC4CCC4)cn3)c2)n1. The normalized spacial score (nSPS) is 13.8. The molecule has 8 heteroatoms. The van der Waals surface area contributed by atoms with Gasteiger partial charge in [0.05, 0.1) is 13.3 Å². The first-order valence-corrected chi connectivity index (χ1v) is 9.48. The molecule has 0 bridgehead atoms. The topological polar surface area (TPSA) is 88.9 Å². The molecule has 8 nitrogen and oxygen atoms in total. The molecule has 1 saturated carbocycles. The van der Waals surface area contributed by atoms with E-state index in [0.29, 0.717) is 12.0 Å². The van der Waals surface area contributed by atoms with Gasteiger partial charge in [0.1, 0.15) is 17.3 Å². The zero-order valence-electron chi connectivity index (χ0n) is 16.1. The second-order valence-corrected chi connectivity index (χ2v) is 6.83. The van der Waals surface area contributed by atoms with Crippen molar-refractivity contribution in [1.82, 2.24) is 25.1 Å². The molecule has 1 aliphatic rings. The highest BCUT2D eigenvalue weighted by Gasteiger charge is 2.16. The average Bonchev–Trinajstić information content (AvgIpc) is 3.16. The van der Waals surface area contributed by atoms with Crippen molar-refractivity contribution in [3.8, 4) is 11.4 Å². The summed E-state index contributed by atoms with van der Waals surface area (Å²) in [6.07, 6.45) is 9.50. The Morgan fingerprint density at radius 1 is 1.25 bits per heavy atom. The van der Waals surface area contributed by atoms with Crippen LogP contribution in [0.15, 0.2) is 42.9 Å². The van der Waals surface area contributed by atoms with Gasteiger partial charge in [-0.25, -0.2) is 9.67 Å². The third-order valence-corrected chi connectivity index (χ3v) is 4.93. The van der Waals surface area contributed by atoms with Crippen LogP contribution < -0.4 is 20.7 Å². The minimum Gasteiger partial charge on any atom is -0.494 e. The Balaban J connectivity index is 1.54. The van der Waals surface area contributed by atoms with Crippen molar-refractivity contribution in [2.45, 2.75) is 31.8 Å². The van der Waals surface area contributed by atoms with E-state index in [-0.39, 0.29) is 0 Å². The van der Waals surface area contributed by atoms with E-state index in [1.165, 1.54) is 19.3 Å². The Hall–Kier alpha value is -3.13. The summed E-state index contributed by atoms with van der Waals surface area (Å²) < 4.78 is 7.37. The quantitative estimate of drug-likeness (QED) is 0.554. The fourth-order valence-corrected chi connectivity index (χ4v) is 3.09. The molecular formula is C20H25N7O. The molecule has 4 rings (SSSR count). The summed E-state index contributed by atoms with van der Waals surface area (Å²) in [5.74, 6) is 2.02. The van der Waals surface area contributed by atoms with Crippen molar-refractivity contribution in [3.63, 3.8) is 0 Å². The summed E-state index contributed by atoms with van der Waals surface area (Å²) >= 11 is 0. The highest BCUT2D eigenvalue weighted by Crippen LogP contribution is 2.27. The molecule has 0 atom stereocenters. The van der Waals surface area contributed by atoms with Gasteiger partial charge in [-0.05, 0) is 37.1 Å². The second kappa shape index (κ2) is 8.26. The molecule has 0 radical (unpaired) electrons. The van der Waals surface area contributed by atoms with Crippen LogP contribution in [0, 0.1) is 0 Å². The summed E-state index contributed by atoms with van der Waals surface area (Å²) in [6, 6.07) is 8.28. The van der Waals surface area contributed by atoms with Crippen LogP contribution in [0.25, 0.3) is 5.69 Å². The van der Waals surface area contributed by atoms with E-state index in [1.54, 1.807) is 13.3 Å². The van der Waals surface area contributed by atoms with Gasteiger partial charge in [0.15, 0.2) is 0 Å². The molecule has 3 aromatic rings. The van der Waals surface area contributed by atoms with Gasteiger partial charge < -0.3 is 20.7 Å². The summed E-state index contributed by atoms with van der Waals surface area (Å²) in [6.45, 7) is 0.829. The third-order valence-electron chi connectivity index (χ3n) is 4.93. The van der Waals surface area contributed by atoms with Gasteiger partial charge in [-0.15, -0.1) is 0 Å². The van der Waals surface area contributed by atoms with Gasteiger partial charge in [-0.2, -0.15) is 10.1 Å². The number of nitrogens with one attached hydrogen (secondary N) is 3. The smallest absolute Gasteiger partial charge is 0.229 e. The average molecular weight is 379 g/mol. The lowest BCUT2D eigenvalue weighted by Crippen LogP contribution is -2.34. The van der Waals surface area contributed by atoms with Crippen molar-refractivity contribution in [2.24, 2.45) is 0 Å². The number of benzene rings is 1. The van der Waals surface area contributed by atoms with Crippen LogP contribution in [0.1, 0.15) is 24.8 Å². The van der Waals surface area contributed by atoms with Crippen LogP contribution >= 0.6 is 0 Å². The molecule has 2 heterocycles. The zero-order valence-corrected chi connectivity index (χ0v) is 16.1. The van der Waals surface area contributed by atoms with Crippen LogP contribution in [0.3, 0.4) is 0 Å². The van der Waals surface area contributed by atoms with Crippen molar-refractivity contribution in [2.75, 3.05) is 24.8 Å². The number of ether oxygens (including phenoxy) is 1. The van der Waals surface area contributed by atoms with Gasteiger partial charge in [0.25, 0.3) is 0 Å². The Bertz CT molecular complexity index is 936. The molecule has 0 aliphatic heterocycles. The van der Waals surface area contributed by atoms with Crippen LogP contribution in [0.5, 0.6) is 5.75 Å². The highest BCUT2D eigenvalue weighted by atomic mass is 16.5. The molecule has 1 aliphatic carbocycles. The number of methoxy groups -OCH3 is 1. The van der Waals surface area contributed by atoms with Gasteiger partial charge in [-0.3, -0.25) is 0 Å². The Morgan fingerprint density at radius 3 is 2.89 bits per heavy atom. The zero-order chi connectivity index (χ0) is 19.3. The minimum absolute atomic E-state index is 0.522. The lowest BCUT2D eigenvalue weighted by molar-refractivity contribution is 0.338. The molecule has 0 saturated heterocycles. The molecule has 3 N–H and O–H groups in total. The largest absolute Gasteiger partial charge is 0.494 e. The summed E-state index contributed by atoms with van der Waals surface area (Å²) in [5.41, 5.74) is 2.86. The van der Waals surface area contributed by atoms with E-state index in [9.17, 15) is 0 Å². The van der Waals surface area contributed by atoms with E-state index in [1.807, 2.05) is 48.4 Å². The maximum atomic E-state index is 5.53. The summed E-state index contributed by atoms with van der Waals surface area (Å²) in [7, 11) is 3.49. The van der Waals surface area contributed by atoms with E-state index < -0.39 is 0 Å². The molecule has 0 spiro atoms. The monoisotopic (exact) mass is 379 g/mol. The molecule has 1 fully saturated rings. The van der Waals surface area contributed by atoms with Crippen molar-refractivity contribution in [1.29, 1.82) is 0 Å². The molecule has 2 aromatic heterocycles. The lowest BCUT2D eigenvalue weighted by Gasteiger charge is -2.26. The lowest BCUT2D eigenvalue weighted by atomic mass is 9.93. The van der Waals surface area contributed by atoms with Crippen LogP contribution in [0.2, 0.25) is 0 Å². The van der Waals surface area contributed by atoms with Crippen molar-refractivity contribution in [3.05, 3.63) is 48.4 Å². The Labute approximate surface area is 164 Å². The molecular weight excluding hydrogens is 354 g/mol. The molecule has 0 amide bonds. The minimum atomic E-state index is 0.522. The molecule has 28 heavy (non-hydrogen) atoms. The third kappa shape index (κ3) is 4.07. The van der Waals surface area contributed by atoms with E-state index in [4.69, 9.17) is 4.74 Å². The second-order valence-electron chi connectivity index (χ2n) is 6.83. The highest BCUT2D eigenvalue weighted by molar-refractivity contribution is 5.62. The standard InChI is InChI=1S/C20H25N7O/c1-21-19-8-9-22-20(26-19)25-16-6-7-18(28-2)17(10-16)27-13-14(12-24-27)11-23-15-4-3-5-15/h6-10,12-13,15,23H,3-5,11H2,1-2H3,(H2,21,22,25,26). The van der Waals surface area contributed by atoms with E-state index >= 15 is 0 Å². The predicted octanol–water partition coefficient (Wildman–Crippen LogP) is 3.10. The summed E-state index contributed by atoms with van der Waals surface area (Å²) in [4.78, 5) is 8.66. The molecule has 0 unspecified atom stereocenters. The maximum Gasteiger partial charge on any atom is 0.229 e. The van der Waals surface area contributed by atoms with Crippen molar-refractivity contribution >= 4 is 17.5 Å². The maximum absolute atomic E-state index is 5.53. The molecule has 146 valence electrons.